The fourth-order valence-corrected chi connectivity index (χ4v) is 1.60. The number of methoxy groups -OCH3 is 1. The van der Waals surface area contributed by atoms with E-state index in [4.69, 9.17) is 4.74 Å². The largest absolute Gasteiger partial charge is 0.385 e. The number of ether oxygens (including phenoxy) is 1. The first-order valence-electron chi connectivity index (χ1n) is 4.62. The zero-order valence-corrected chi connectivity index (χ0v) is 8.59. The Kier molecular flexibility index (Phi) is 5.99. The molecular weight excluding hydrogens is 152 g/mol. The number of hydrogen-bond acceptors (Lipinski definition) is 2. The van der Waals surface area contributed by atoms with E-state index < -0.39 is 0 Å². The molecule has 12 heavy (non-hydrogen) atoms. The van der Waals surface area contributed by atoms with E-state index in [1.807, 2.05) is 0 Å². The van der Waals surface area contributed by atoms with E-state index in [2.05, 4.69) is 13.8 Å². The maximum atomic E-state index is 11.1. The Labute approximate surface area is 75.3 Å². The minimum Gasteiger partial charge on any atom is -0.385 e. The van der Waals surface area contributed by atoms with Crippen molar-refractivity contribution in [3.63, 3.8) is 0 Å². The lowest BCUT2D eigenvalue weighted by Crippen LogP contribution is -2.19. The Morgan fingerprint density at radius 3 is 2.42 bits per heavy atom. The van der Waals surface area contributed by atoms with Gasteiger partial charge in [0.05, 0.1) is 0 Å². The van der Waals surface area contributed by atoms with Crippen LogP contribution in [0.25, 0.3) is 0 Å². The van der Waals surface area contributed by atoms with Gasteiger partial charge in [0.25, 0.3) is 0 Å². The van der Waals surface area contributed by atoms with Crippen LogP contribution in [0.1, 0.15) is 33.6 Å². The van der Waals surface area contributed by atoms with E-state index in [1.54, 1.807) is 14.0 Å². The molecule has 0 N–H and O–H groups in total. The van der Waals surface area contributed by atoms with Crippen LogP contribution in [0.5, 0.6) is 0 Å². The molecule has 0 fully saturated rings. The Morgan fingerprint density at radius 2 is 2.08 bits per heavy atom. The summed E-state index contributed by atoms with van der Waals surface area (Å²) in [6.45, 7) is 6.62. The van der Waals surface area contributed by atoms with Gasteiger partial charge in [-0.05, 0) is 25.7 Å². The minimum absolute atomic E-state index is 0.222. The molecule has 0 aromatic rings. The maximum Gasteiger partial charge on any atom is 0.133 e. The number of rotatable bonds is 6. The average molecular weight is 172 g/mol. The summed E-state index contributed by atoms with van der Waals surface area (Å²) in [5.41, 5.74) is 0. The summed E-state index contributed by atoms with van der Waals surface area (Å²) in [5, 5.41) is 0. The van der Waals surface area contributed by atoms with Gasteiger partial charge in [-0.2, -0.15) is 0 Å². The average Bonchev–Trinajstić information content (AvgIpc) is 2.01. The van der Waals surface area contributed by atoms with Crippen molar-refractivity contribution >= 4 is 5.78 Å². The van der Waals surface area contributed by atoms with Crippen LogP contribution in [-0.4, -0.2) is 19.5 Å². The van der Waals surface area contributed by atoms with Crippen molar-refractivity contribution < 1.29 is 9.53 Å². The molecule has 0 bridgehead atoms. The van der Waals surface area contributed by atoms with Gasteiger partial charge in [-0.25, -0.2) is 0 Å². The summed E-state index contributed by atoms with van der Waals surface area (Å²) in [6.07, 6.45) is 1.93. The molecular formula is C10H20O2. The molecule has 0 heterocycles. The third kappa shape index (κ3) is 3.86. The van der Waals surface area contributed by atoms with Crippen LogP contribution in [0, 0.1) is 11.8 Å². The van der Waals surface area contributed by atoms with Crippen LogP contribution in [0.15, 0.2) is 0 Å². The molecule has 0 rings (SSSR count). The van der Waals surface area contributed by atoms with Crippen LogP contribution < -0.4 is 0 Å². The van der Waals surface area contributed by atoms with Gasteiger partial charge in [-0.3, -0.25) is 4.79 Å². The number of carbonyl (C=O) groups is 1. The summed E-state index contributed by atoms with van der Waals surface area (Å²) in [6, 6.07) is 0. The van der Waals surface area contributed by atoms with Gasteiger partial charge >= 0.3 is 0 Å². The van der Waals surface area contributed by atoms with Crippen molar-refractivity contribution in [2.24, 2.45) is 11.8 Å². The van der Waals surface area contributed by atoms with Crippen LogP contribution in [0.2, 0.25) is 0 Å². The Balaban J connectivity index is 3.85. The van der Waals surface area contributed by atoms with E-state index >= 15 is 0 Å². The summed E-state index contributed by atoms with van der Waals surface area (Å²) < 4.78 is 4.98. The maximum absolute atomic E-state index is 11.1. The molecule has 2 heteroatoms. The van der Waals surface area contributed by atoms with Crippen molar-refractivity contribution in [1.29, 1.82) is 0 Å². The fraction of sp³-hybridized carbons (Fsp3) is 0.900. The van der Waals surface area contributed by atoms with E-state index in [-0.39, 0.29) is 5.92 Å². The lowest BCUT2D eigenvalue weighted by Gasteiger charge is -2.19. The van der Waals surface area contributed by atoms with Crippen molar-refractivity contribution in [2.75, 3.05) is 13.7 Å². The standard InChI is InChI=1S/C10H20O2/c1-5-10(9(3)11)8(2)6-7-12-4/h8,10H,5-7H2,1-4H3. The molecule has 0 aliphatic heterocycles. The van der Waals surface area contributed by atoms with Crippen molar-refractivity contribution in [3.05, 3.63) is 0 Å². The van der Waals surface area contributed by atoms with Gasteiger partial charge in [-0.1, -0.05) is 13.8 Å². The molecule has 0 aliphatic carbocycles. The molecule has 0 radical (unpaired) electrons. The summed E-state index contributed by atoms with van der Waals surface area (Å²) in [5.74, 6) is 0.980. The first kappa shape index (κ1) is 11.6. The van der Waals surface area contributed by atoms with Gasteiger partial charge in [0.15, 0.2) is 0 Å². The molecule has 0 amide bonds. The highest BCUT2D eigenvalue weighted by atomic mass is 16.5. The second-order valence-electron chi connectivity index (χ2n) is 3.38. The predicted octanol–water partition coefficient (Wildman–Crippen LogP) is 2.27. The van der Waals surface area contributed by atoms with E-state index in [0.717, 1.165) is 19.4 Å². The first-order valence-corrected chi connectivity index (χ1v) is 4.62. The quantitative estimate of drug-likeness (QED) is 0.614. The Morgan fingerprint density at radius 1 is 1.50 bits per heavy atom. The van der Waals surface area contributed by atoms with E-state index in [1.165, 1.54) is 0 Å². The normalized spacial score (nSPS) is 15.7. The highest BCUT2D eigenvalue weighted by Gasteiger charge is 2.18. The molecule has 2 unspecified atom stereocenters. The summed E-state index contributed by atoms with van der Waals surface area (Å²) >= 11 is 0. The SMILES string of the molecule is CCC(C(C)=O)C(C)CCOC. The van der Waals surface area contributed by atoms with E-state index in [9.17, 15) is 4.79 Å². The molecule has 0 aliphatic rings. The van der Waals surface area contributed by atoms with Gasteiger partial charge < -0.3 is 4.74 Å². The van der Waals surface area contributed by atoms with E-state index in [0.29, 0.717) is 11.7 Å². The van der Waals surface area contributed by atoms with Gasteiger partial charge in [0.2, 0.25) is 0 Å². The highest BCUT2D eigenvalue weighted by molar-refractivity contribution is 5.78. The van der Waals surface area contributed by atoms with Crippen molar-refractivity contribution in [2.45, 2.75) is 33.6 Å². The monoisotopic (exact) mass is 172 g/mol. The molecule has 0 aromatic carbocycles. The van der Waals surface area contributed by atoms with Gasteiger partial charge in [0, 0.05) is 19.6 Å². The minimum atomic E-state index is 0.222. The third-order valence-electron chi connectivity index (χ3n) is 2.43. The number of carbonyl (C=O) groups excluding carboxylic acids is 1. The Bertz CT molecular complexity index is 132. The van der Waals surface area contributed by atoms with Crippen molar-refractivity contribution in [3.8, 4) is 0 Å². The van der Waals surface area contributed by atoms with Crippen LogP contribution in [0.4, 0.5) is 0 Å². The molecule has 2 nitrogen and oxygen atoms in total. The molecule has 0 spiro atoms. The highest BCUT2D eigenvalue weighted by Crippen LogP contribution is 2.19. The molecule has 0 aromatic heterocycles. The lowest BCUT2D eigenvalue weighted by molar-refractivity contribution is -0.122. The third-order valence-corrected chi connectivity index (χ3v) is 2.43. The zero-order chi connectivity index (χ0) is 9.56. The molecule has 72 valence electrons. The summed E-state index contributed by atoms with van der Waals surface area (Å²) in [4.78, 5) is 11.1. The second-order valence-corrected chi connectivity index (χ2v) is 3.38. The smallest absolute Gasteiger partial charge is 0.133 e. The van der Waals surface area contributed by atoms with Gasteiger partial charge in [-0.15, -0.1) is 0 Å². The molecule has 0 saturated heterocycles. The van der Waals surface area contributed by atoms with Crippen LogP contribution in [-0.2, 0) is 9.53 Å². The van der Waals surface area contributed by atoms with Gasteiger partial charge in [0.1, 0.15) is 5.78 Å². The number of Topliss-reactive ketones (excluding diaryl/α,β-unsaturated/α-hetero) is 1. The fourth-order valence-electron chi connectivity index (χ4n) is 1.60. The van der Waals surface area contributed by atoms with Crippen molar-refractivity contribution in [1.82, 2.24) is 0 Å². The second kappa shape index (κ2) is 6.18. The topological polar surface area (TPSA) is 26.3 Å². The number of ketones is 1. The lowest BCUT2D eigenvalue weighted by atomic mass is 9.86. The van der Waals surface area contributed by atoms with Crippen LogP contribution >= 0.6 is 0 Å². The first-order chi connectivity index (χ1) is 5.63. The summed E-state index contributed by atoms with van der Waals surface area (Å²) in [7, 11) is 1.70. The predicted molar refractivity (Wildman–Crippen MR) is 50.1 cm³/mol. The molecule has 0 saturated carbocycles. The number of hydrogen-bond donors (Lipinski definition) is 0. The zero-order valence-electron chi connectivity index (χ0n) is 8.59. The Hall–Kier alpha value is -0.370. The van der Waals surface area contributed by atoms with Crippen LogP contribution in [0.3, 0.4) is 0 Å². The molecule has 2 atom stereocenters.